The number of ether oxygens (including phenoxy) is 2. The van der Waals surface area contributed by atoms with Crippen molar-refractivity contribution >= 4 is 11.9 Å². The molecular weight excluding hydrogens is 476 g/mol. The predicted molar refractivity (Wildman–Crippen MR) is 148 cm³/mol. The van der Waals surface area contributed by atoms with Crippen LogP contribution in [0.1, 0.15) is 106 Å². The molecule has 0 amide bonds. The zero-order valence-corrected chi connectivity index (χ0v) is 25.0. The van der Waals surface area contributed by atoms with Crippen LogP contribution in [0.15, 0.2) is 12.2 Å². The molecule has 0 spiro atoms. The van der Waals surface area contributed by atoms with Gasteiger partial charge < -0.3 is 14.6 Å². The molecule has 0 bridgehead atoms. The number of carbonyl (C=O) groups is 2. The molecule has 0 radical (unpaired) electrons. The van der Waals surface area contributed by atoms with E-state index in [1.807, 2.05) is 0 Å². The lowest BCUT2D eigenvalue weighted by Crippen LogP contribution is -2.67. The van der Waals surface area contributed by atoms with Crippen LogP contribution in [-0.4, -0.2) is 36.9 Å². The Morgan fingerprint density at radius 2 is 1.58 bits per heavy atom. The summed E-state index contributed by atoms with van der Waals surface area (Å²) in [5, 5.41) is 10.1. The monoisotopic (exact) mass is 528 g/mol. The molecule has 0 aromatic rings. The van der Waals surface area contributed by atoms with E-state index >= 15 is 0 Å². The van der Waals surface area contributed by atoms with Gasteiger partial charge in [0.2, 0.25) is 0 Å². The third-order valence-electron chi connectivity index (χ3n) is 14.0. The number of hydrogen-bond donors (Lipinski definition) is 1. The van der Waals surface area contributed by atoms with Gasteiger partial charge in [-0.05, 0) is 116 Å². The minimum atomic E-state index is -0.434. The van der Waals surface area contributed by atoms with Crippen LogP contribution in [-0.2, 0) is 19.1 Å². The number of carbonyl (C=O) groups excluding carboxylic acids is 2. The standard InChI is InChI=1S/C33H52O5/c1-20(19-34)22-11-16-33(28(36)37-8)18-17-31(6)23(27(22)33)9-10-25-30(5)14-13-26(38-21(2)35)29(3,4)24(30)12-15-32(25,31)7/h22-27,34H,1,9-19H2,2-8H3/t22-,23?,24?,25?,26?,27?,30?,31+,32?,33?/m0/s1. The Kier molecular flexibility index (Phi) is 6.73. The number of methoxy groups -OCH3 is 1. The highest BCUT2D eigenvalue weighted by molar-refractivity contribution is 5.78. The van der Waals surface area contributed by atoms with E-state index in [0.717, 1.165) is 56.9 Å². The van der Waals surface area contributed by atoms with Crippen molar-refractivity contribution < 1.29 is 24.2 Å². The van der Waals surface area contributed by atoms with E-state index < -0.39 is 5.41 Å². The maximum atomic E-state index is 13.4. The van der Waals surface area contributed by atoms with Crippen LogP contribution in [0, 0.1) is 56.7 Å². The molecule has 5 nitrogen and oxygen atoms in total. The third kappa shape index (κ3) is 3.51. The molecule has 8 unspecified atom stereocenters. The van der Waals surface area contributed by atoms with Crippen molar-refractivity contribution in [1.82, 2.24) is 0 Å². The minimum Gasteiger partial charge on any atom is -0.469 e. The number of esters is 2. The summed E-state index contributed by atoms with van der Waals surface area (Å²) in [7, 11) is 1.55. The lowest BCUT2D eigenvalue weighted by molar-refractivity contribution is -0.250. The Morgan fingerprint density at radius 3 is 2.21 bits per heavy atom. The van der Waals surface area contributed by atoms with Crippen molar-refractivity contribution in [3.8, 4) is 0 Å². The van der Waals surface area contributed by atoms with Gasteiger partial charge in [-0.2, -0.15) is 0 Å². The first-order valence-electron chi connectivity index (χ1n) is 15.3. The van der Waals surface area contributed by atoms with Crippen molar-refractivity contribution in [1.29, 1.82) is 0 Å². The summed E-state index contributed by atoms with van der Waals surface area (Å²) in [6.07, 6.45) is 10.4. The second kappa shape index (κ2) is 9.08. The Balaban J connectivity index is 1.52. The summed E-state index contributed by atoms with van der Waals surface area (Å²) in [6, 6.07) is 0. The van der Waals surface area contributed by atoms with Gasteiger partial charge in [0, 0.05) is 12.3 Å². The van der Waals surface area contributed by atoms with Crippen LogP contribution >= 0.6 is 0 Å². The van der Waals surface area contributed by atoms with Gasteiger partial charge in [0.1, 0.15) is 6.10 Å². The quantitative estimate of drug-likeness (QED) is 0.324. The summed E-state index contributed by atoms with van der Waals surface area (Å²) >= 11 is 0. The second-order valence-corrected chi connectivity index (χ2v) is 15.3. The lowest BCUT2D eigenvalue weighted by atomic mass is 9.32. The molecule has 0 aliphatic heterocycles. The largest absolute Gasteiger partial charge is 0.469 e. The van der Waals surface area contributed by atoms with Crippen molar-refractivity contribution in [2.24, 2.45) is 56.7 Å². The van der Waals surface area contributed by atoms with Crippen LogP contribution in [0.2, 0.25) is 0 Å². The van der Waals surface area contributed by atoms with Gasteiger partial charge in [0.25, 0.3) is 0 Å². The normalized spacial score (nSPS) is 49.1. The van der Waals surface area contributed by atoms with Crippen LogP contribution in [0.3, 0.4) is 0 Å². The van der Waals surface area contributed by atoms with E-state index in [-0.39, 0.29) is 58.1 Å². The summed E-state index contributed by atoms with van der Waals surface area (Å²) in [6.45, 7) is 18.2. The van der Waals surface area contributed by atoms with Crippen molar-refractivity contribution in [2.45, 2.75) is 112 Å². The van der Waals surface area contributed by atoms with Crippen LogP contribution in [0.25, 0.3) is 0 Å². The van der Waals surface area contributed by atoms with E-state index in [1.165, 1.54) is 12.8 Å². The summed E-state index contributed by atoms with van der Waals surface area (Å²) in [5.41, 5.74) is 0.943. The maximum absolute atomic E-state index is 13.4. The lowest BCUT2D eigenvalue weighted by Gasteiger charge is -2.72. The van der Waals surface area contributed by atoms with Gasteiger partial charge in [-0.3, -0.25) is 9.59 Å². The number of aliphatic hydroxyl groups is 1. The number of fused-ring (bicyclic) bond motifs is 7. The van der Waals surface area contributed by atoms with E-state index in [1.54, 1.807) is 14.0 Å². The third-order valence-corrected chi connectivity index (χ3v) is 14.0. The molecule has 10 atom stereocenters. The fraction of sp³-hybridized carbons (Fsp3) is 0.879. The average Bonchev–Trinajstić information content (AvgIpc) is 3.26. The molecule has 0 heterocycles. The highest BCUT2D eigenvalue weighted by Gasteiger charge is 2.72. The van der Waals surface area contributed by atoms with Gasteiger partial charge >= 0.3 is 11.9 Å². The summed E-state index contributed by atoms with van der Waals surface area (Å²) < 4.78 is 11.4. The molecule has 5 aliphatic rings. The maximum Gasteiger partial charge on any atom is 0.312 e. The molecule has 214 valence electrons. The zero-order valence-electron chi connectivity index (χ0n) is 25.0. The number of aliphatic hydroxyl groups excluding tert-OH is 1. The van der Waals surface area contributed by atoms with E-state index in [4.69, 9.17) is 9.47 Å². The van der Waals surface area contributed by atoms with Crippen molar-refractivity contribution in [3.05, 3.63) is 12.2 Å². The Morgan fingerprint density at radius 1 is 0.868 bits per heavy atom. The molecule has 5 heteroatoms. The van der Waals surface area contributed by atoms with Crippen LogP contribution in [0.5, 0.6) is 0 Å². The smallest absolute Gasteiger partial charge is 0.312 e. The molecule has 5 rings (SSSR count). The first kappa shape index (κ1) is 28.2. The molecule has 5 aliphatic carbocycles. The molecule has 0 saturated heterocycles. The van der Waals surface area contributed by atoms with Crippen LogP contribution < -0.4 is 0 Å². The van der Waals surface area contributed by atoms with E-state index in [0.29, 0.717) is 17.8 Å². The molecule has 0 aromatic heterocycles. The SMILES string of the molecule is C=C(CO)[C@@H]1CCC2(C(=O)OC)CC[C@]3(C)C(CCC4C5(C)CCC(OC(C)=O)C(C)(C)C5CCC43C)C12. The molecular formula is C33H52O5. The molecule has 1 N–H and O–H groups in total. The van der Waals surface area contributed by atoms with E-state index in [2.05, 4.69) is 41.2 Å². The van der Waals surface area contributed by atoms with Crippen LogP contribution in [0.4, 0.5) is 0 Å². The Hall–Kier alpha value is -1.36. The molecule has 0 aromatic carbocycles. The Labute approximate surface area is 230 Å². The highest BCUT2D eigenvalue weighted by Crippen LogP contribution is 2.77. The number of hydrogen-bond acceptors (Lipinski definition) is 5. The highest BCUT2D eigenvalue weighted by atomic mass is 16.5. The first-order valence-corrected chi connectivity index (χ1v) is 15.3. The Bertz CT molecular complexity index is 1000. The van der Waals surface area contributed by atoms with Gasteiger partial charge in [-0.1, -0.05) is 41.2 Å². The minimum absolute atomic E-state index is 0.0000801. The van der Waals surface area contributed by atoms with Crippen molar-refractivity contribution in [3.63, 3.8) is 0 Å². The van der Waals surface area contributed by atoms with E-state index in [9.17, 15) is 14.7 Å². The van der Waals surface area contributed by atoms with Gasteiger partial charge in [0.15, 0.2) is 0 Å². The zero-order chi connectivity index (χ0) is 27.9. The molecule has 38 heavy (non-hydrogen) atoms. The number of rotatable bonds is 4. The van der Waals surface area contributed by atoms with Crippen molar-refractivity contribution in [2.75, 3.05) is 13.7 Å². The predicted octanol–water partition coefficient (Wildman–Crippen LogP) is 6.72. The van der Waals surface area contributed by atoms with Gasteiger partial charge in [0.05, 0.1) is 19.1 Å². The first-order chi connectivity index (χ1) is 17.7. The average molecular weight is 529 g/mol. The second-order valence-electron chi connectivity index (χ2n) is 15.3. The summed E-state index contributed by atoms with van der Waals surface area (Å²) in [4.78, 5) is 25.4. The topological polar surface area (TPSA) is 72.8 Å². The van der Waals surface area contributed by atoms with Gasteiger partial charge in [-0.15, -0.1) is 0 Å². The summed E-state index contributed by atoms with van der Waals surface area (Å²) in [5.74, 6) is 1.76. The molecule has 5 fully saturated rings. The molecule has 5 saturated carbocycles. The fourth-order valence-electron chi connectivity index (χ4n) is 12.1. The van der Waals surface area contributed by atoms with Gasteiger partial charge in [-0.25, -0.2) is 0 Å². The fourth-order valence-corrected chi connectivity index (χ4v) is 12.1.